The number of sulfone groups is 1. The van der Waals surface area contributed by atoms with Crippen LogP contribution in [0.15, 0.2) is 70.4 Å². The summed E-state index contributed by atoms with van der Waals surface area (Å²) in [5.74, 6) is -1.95. The fourth-order valence-electron chi connectivity index (χ4n) is 4.38. The quantitative estimate of drug-likeness (QED) is 0.438. The Balaban J connectivity index is 1.61. The van der Waals surface area contributed by atoms with Gasteiger partial charge in [0, 0.05) is 29.4 Å². The molecule has 0 spiro atoms. The van der Waals surface area contributed by atoms with Gasteiger partial charge in [-0.2, -0.15) is 5.10 Å². The molecule has 9 heteroatoms. The lowest BCUT2D eigenvalue weighted by atomic mass is 10.0. The predicted molar refractivity (Wildman–Crippen MR) is 127 cm³/mol. The summed E-state index contributed by atoms with van der Waals surface area (Å²) in [6.07, 6.45) is 2.70. The van der Waals surface area contributed by atoms with Crippen molar-refractivity contribution < 1.29 is 17.2 Å². The van der Waals surface area contributed by atoms with Gasteiger partial charge in [-0.3, -0.25) is 4.79 Å². The van der Waals surface area contributed by atoms with Gasteiger partial charge in [0.1, 0.15) is 6.67 Å². The van der Waals surface area contributed by atoms with E-state index >= 15 is 0 Å². The average molecular weight is 482 g/mol. The molecule has 0 amide bonds. The van der Waals surface area contributed by atoms with Crippen molar-refractivity contribution in [1.82, 2.24) is 9.78 Å². The van der Waals surface area contributed by atoms with Crippen molar-refractivity contribution >= 4 is 26.3 Å². The summed E-state index contributed by atoms with van der Waals surface area (Å²) >= 11 is 0. The van der Waals surface area contributed by atoms with Crippen molar-refractivity contribution in [3.63, 3.8) is 0 Å². The van der Waals surface area contributed by atoms with Gasteiger partial charge in [0.25, 0.3) is 5.56 Å². The van der Waals surface area contributed by atoms with Gasteiger partial charge in [0.2, 0.25) is 0 Å². The van der Waals surface area contributed by atoms with E-state index in [0.717, 1.165) is 36.2 Å². The third kappa shape index (κ3) is 3.96. The van der Waals surface area contributed by atoms with Crippen LogP contribution >= 0.6 is 0 Å². The predicted octanol–water partition coefficient (Wildman–Crippen LogP) is 4.16. The molecular formula is C25H21F2N3O3S. The number of rotatable bonds is 4. The molecule has 0 fully saturated rings. The zero-order valence-electron chi connectivity index (χ0n) is 18.3. The summed E-state index contributed by atoms with van der Waals surface area (Å²) in [5.41, 5.74) is 2.17. The Morgan fingerprint density at radius 3 is 2.47 bits per heavy atom. The number of nitrogens with zero attached hydrogens (tertiary/aromatic N) is 3. The second kappa shape index (κ2) is 8.32. The minimum atomic E-state index is -3.33. The molecule has 1 aliphatic rings. The molecule has 0 atom stereocenters. The van der Waals surface area contributed by atoms with Gasteiger partial charge in [-0.15, -0.1) is 0 Å². The molecule has 2 heterocycles. The molecule has 174 valence electrons. The zero-order valence-corrected chi connectivity index (χ0v) is 19.1. The van der Waals surface area contributed by atoms with Gasteiger partial charge in [0.15, 0.2) is 21.5 Å². The molecule has 0 aliphatic carbocycles. The fraction of sp³-hybridized carbons (Fsp3) is 0.200. The number of hydrogen-bond acceptors (Lipinski definition) is 5. The molecule has 0 saturated heterocycles. The van der Waals surface area contributed by atoms with E-state index in [1.165, 1.54) is 17.0 Å². The van der Waals surface area contributed by atoms with Crippen LogP contribution in [-0.2, 0) is 22.9 Å². The highest BCUT2D eigenvalue weighted by atomic mass is 32.2. The summed E-state index contributed by atoms with van der Waals surface area (Å²) in [7, 11) is -3.33. The highest BCUT2D eigenvalue weighted by Crippen LogP contribution is 2.30. The Kier molecular flexibility index (Phi) is 5.44. The van der Waals surface area contributed by atoms with E-state index in [1.807, 2.05) is 4.90 Å². The summed E-state index contributed by atoms with van der Waals surface area (Å²) < 4.78 is 52.7. The highest BCUT2D eigenvalue weighted by molar-refractivity contribution is 7.90. The zero-order chi connectivity index (χ0) is 24.0. The number of benzene rings is 3. The molecule has 6 nitrogen and oxygen atoms in total. The van der Waals surface area contributed by atoms with E-state index in [2.05, 4.69) is 5.10 Å². The van der Waals surface area contributed by atoms with Gasteiger partial charge in [-0.05, 0) is 60.9 Å². The molecule has 0 radical (unpaired) electrons. The lowest BCUT2D eigenvalue weighted by molar-refractivity contribution is 0.508. The van der Waals surface area contributed by atoms with Crippen LogP contribution in [0.5, 0.6) is 0 Å². The van der Waals surface area contributed by atoms with Gasteiger partial charge < -0.3 is 4.90 Å². The lowest BCUT2D eigenvalue weighted by Crippen LogP contribution is -2.37. The van der Waals surface area contributed by atoms with Crippen LogP contribution in [-0.4, -0.2) is 31.0 Å². The standard InChI is InChI=1S/C25H21F2N3O3S/c1-34(32,33)18-9-11-23-16(13-18)5-4-12-29(23)15-30-25(31)20-7-3-2-6-19(20)24(28-30)17-8-10-21(26)22(27)14-17/h2-3,6-11,13-14H,4-5,12,15H2,1H3. The topological polar surface area (TPSA) is 72.3 Å². The highest BCUT2D eigenvalue weighted by Gasteiger charge is 2.21. The second-order valence-corrected chi connectivity index (χ2v) is 10.4. The number of aryl methyl sites for hydroxylation is 1. The van der Waals surface area contributed by atoms with Crippen LogP contribution in [0.1, 0.15) is 12.0 Å². The first-order valence-corrected chi connectivity index (χ1v) is 12.6. The molecule has 1 aliphatic heterocycles. The molecule has 34 heavy (non-hydrogen) atoms. The number of anilines is 1. The Labute approximate surface area is 195 Å². The van der Waals surface area contributed by atoms with Crippen molar-refractivity contribution in [3.8, 4) is 11.3 Å². The van der Waals surface area contributed by atoms with Gasteiger partial charge in [-0.25, -0.2) is 21.9 Å². The van der Waals surface area contributed by atoms with E-state index in [0.29, 0.717) is 28.6 Å². The molecule has 1 aromatic heterocycles. The van der Waals surface area contributed by atoms with Crippen molar-refractivity contribution in [2.45, 2.75) is 24.4 Å². The summed E-state index contributed by atoms with van der Waals surface area (Å²) in [4.78, 5) is 15.5. The third-order valence-electron chi connectivity index (χ3n) is 6.06. The minimum Gasteiger partial charge on any atom is -0.352 e. The first-order valence-electron chi connectivity index (χ1n) is 10.8. The largest absolute Gasteiger partial charge is 0.352 e. The second-order valence-electron chi connectivity index (χ2n) is 8.40. The van der Waals surface area contributed by atoms with E-state index in [9.17, 15) is 22.0 Å². The van der Waals surface area contributed by atoms with Crippen molar-refractivity contribution in [2.24, 2.45) is 0 Å². The molecule has 0 bridgehead atoms. The van der Waals surface area contributed by atoms with Crippen LogP contribution in [0, 0.1) is 11.6 Å². The molecule has 4 aromatic rings. The van der Waals surface area contributed by atoms with Gasteiger partial charge in [-0.1, -0.05) is 18.2 Å². The number of halogens is 2. The maximum absolute atomic E-state index is 14.0. The monoisotopic (exact) mass is 481 g/mol. The summed E-state index contributed by atoms with van der Waals surface area (Å²) in [5, 5.41) is 5.51. The van der Waals surface area contributed by atoms with Crippen LogP contribution in [0.3, 0.4) is 0 Å². The lowest BCUT2D eigenvalue weighted by Gasteiger charge is -2.31. The number of hydrogen-bond donors (Lipinski definition) is 0. The van der Waals surface area contributed by atoms with Crippen molar-refractivity contribution in [3.05, 3.63) is 88.2 Å². The molecule has 0 saturated carbocycles. The first kappa shape index (κ1) is 22.2. The normalized spacial score (nSPS) is 13.8. The van der Waals surface area contributed by atoms with Crippen molar-refractivity contribution in [1.29, 1.82) is 0 Å². The van der Waals surface area contributed by atoms with E-state index < -0.39 is 21.5 Å². The maximum Gasteiger partial charge on any atom is 0.276 e. The molecule has 0 unspecified atom stereocenters. The van der Waals surface area contributed by atoms with Crippen LogP contribution in [0.2, 0.25) is 0 Å². The molecular weight excluding hydrogens is 460 g/mol. The Bertz CT molecular complexity index is 1600. The van der Waals surface area contributed by atoms with Crippen LogP contribution < -0.4 is 10.5 Å². The Morgan fingerprint density at radius 2 is 1.74 bits per heavy atom. The van der Waals surface area contributed by atoms with Crippen LogP contribution in [0.4, 0.5) is 14.5 Å². The Morgan fingerprint density at radius 1 is 0.971 bits per heavy atom. The summed E-state index contributed by atoms with van der Waals surface area (Å²) in [6.45, 7) is 0.790. The number of aromatic nitrogens is 2. The smallest absolute Gasteiger partial charge is 0.276 e. The molecule has 0 N–H and O–H groups in total. The average Bonchev–Trinajstić information content (AvgIpc) is 2.82. The maximum atomic E-state index is 14.0. The SMILES string of the molecule is CS(=O)(=O)c1ccc2c(c1)CCCN2Cn1nc(-c2ccc(F)c(F)c2)c2ccccc2c1=O. The summed E-state index contributed by atoms with van der Waals surface area (Å²) in [6, 6.07) is 15.5. The fourth-order valence-corrected chi connectivity index (χ4v) is 5.05. The molecule has 3 aromatic carbocycles. The minimum absolute atomic E-state index is 0.131. The van der Waals surface area contributed by atoms with Gasteiger partial charge in [0.05, 0.1) is 16.0 Å². The number of fused-ring (bicyclic) bond motifs is 2. The van der Waals surface area contributed by atoms with E-state index in [4.69, 9.17) is 0 Å². The molecule has 5 rings (SSSR count). The van der Waals surface area contributed by atoms with Gasteiger partial charge >= 0.3 is 0 Å². The van der Waals surface area contributed by atoms with Crippen molar-refractivity contribution in [2.75, 3.05) is 17.7 Å². The Hall–Kier alpha value is -3.59. The first-order chi connectivity index (χ1) is 16.2. The van der Waals surface area contributed by atoms with E-state index in [1.54, 1.807) is 42.5 Å². The van der Waals surface area contributed by atoms with Crippen LogP contribution in [0.25, 0.3) is 22.0 Å². The van der Waals surface area contributed by atoms with E-state index in [-0.39, 0.29) is 17.1 Å². The third-order valence-corrected chi connectivity index (χ3v) is 7.17.